The van der Waals surface area contributed by atoms with Crippen LogP contribution in [0.4, 0.5) is 10.5 Å². The van der Waals surface area contributed by atoms with Crippen molar-refractivity contribution in [2.24, 2.45) is 5.92 Å². The molecule has 2 aromatic carbocycles. The number of nitrogens with one attached hydrogen (secondary N) is 2. The van der Waals surface area contributed by atoms with Crippen LogP contribution in [0, 0.1) is 19.8 Å². The average Bonchev–Trinajstić information content (AvgIpc) is 2.81. The summed E-state index contributed by atoms with van der Waals surface area (Å²) in [5.74, 6) is -0.238. The van der Waals surface area contributed by atoms with Gasteiger partial charge in [0.1, 0.15) is 10.5 Å². The first-order valence-electron chi connectivity index (χ1n) is 12.4. The summed E-state index contributed by atoms with van der Waals surface area (Å²) in [7, 11) is -3.92. The largest absolute Gasteiger partial charge is 0.444 e. The summed E-state index contributed by atoms with van der Waals surface area (Å²) < 4.78 is 34.6. The lowest BCUT2D eigenvalue weighted by Crippen LogP contribution is -2.46. The minimum atomic E-state index is -3.92. The summed E-state index contributed by atoms with van der Waals surface area (Å²) in [5, 5.41) is 2.88. The van der Waals surface area contributed by atoms with E-state index >= 15 is 0 Å². The molecule has 0 aromatic heterocycles. The van der Waals surface area contributed by atoms with Gasteiger partial charge >= 0.3 is 6.09 Å². The molecule has 2 aromatic rings. The Kier molecular flexibility index (Phi) is 8.93. The lowest BCUT2D eigenvalue weighted by molar-refractivity contribution is 0.0174. The molecule has 10 heteroatoms. The van der Waals surface area contributed by atoms with Crippen LogP contribution in [0.5, 0.6) is 0 Å². The number of likely N-dealkylation sites (tertiary alicyclic amines) is 1. The van der Waals surface area contributed by atoms with E-state index in [2.05, 4.69) is 10.0 Å². The number of hydrogen-bond donors (Lipinski definition) is 2. The monoisotopic (exact) mass is 549 g/mol. The number of hydrogen-bond acceptors (Lipinski definition) is 5. The van der Waals surface area contributed by atoms with Gasteiger partial charge in [-0.25, -0.2) is 17.9 Å². The third-order valence-corrected chi connectivity index (χ3v) is 8.72. The van der Waals surface area contributed by atoms with Gasteiger partial charge in [-0.1, -0.05) is 29.8 Å². The number of piperidine rings is 1. The molecule has 37 heavy (non-hydrogen) atoms. The van der Waals surface area contributed by atoms with Gasteiger partial charge in [0.05, 0.1) is 5.02 Å². The van der Waals surface area contributed by atoms with Crippen molar-refractivity contribution in [2.75, 3.05) is 18.4 Å². The van der Waals surface area contributed by atoms with Crippen LogP contribution in [0.3, 0.4) is 0 Å². The molecule has 2 amide bonds. The molecule has 0 unspecified atom stereocenters. The SMILES string of the molecule is Cc1ccccc1C(=O)Nc1ccc(S(=O)(=O)N[C@H](C)C2CCN(C(=O)OC(C)(C)C)CC2)c(Cl)c1C. The Labute approximate surface area is 224 Å². The molecule has 202 valence electrons. The van der Waals surface area contributed by atoms with E-state index in [1.165, 1.54) is 6.07 Å². The van der Waals surface area contributed by atoms with Gasteiger partial charge in [-0.05, 0) is 89.6 Å². The van der Waals surface area contributed by atoms with Crippen molar-refractivity contribution in [3.05, 3.63) is 58.1 Å². The predicted molar refractivity (Wildman–Crippen MR) is 146 cm³/mol. The van der Waals surface area contributed by atoms with E-state index in [0.717, 1.165) is 5.56 Å². The van der Waals surface area contributed by atoms with E-state index in [9.17, 15) is 18.0 Å². The zero-order chi connectivity index (χ0) is 27.5. The van der Waals surface area contributed by atoms with Crippen molar-refractivity contribution in [1.29, 1.82) is 0 Å². The van der Waals surface area contributed by atoms with Crippen molar-refractivity contribution in [1.82, 2.24) is 9.62 Å². The molecular formula is C27H36ClN3O5S. The molecule has 0 saturated carbocycles. The van der Waals surface area contributed by atoms with E-state index < -0.39 is 15.6 Å². The molecule has 2 N–H and O–H groups in total. The maximum Gasteiger partial charge on any atom is 0.410 e. The molecule has 1 aliphatic heterocycles. The maximum absolute atomic E-state index is 13.2. The molecule has 0 bridgehead atoms. The smallest absolute Gasteiger partial charge is 0.410 e. The Morgan fingerprint density at radius 3 is 2.30 bits per heavy atom. The quantitative estimate of drug-likeness (QED) is 0.493. The molecule has 0 spiro atoms. The zero-order valence-electron chi connectivity index (χ0n) is 22.2. The summed E-state index contributed by atoms with van der Waals surface area (Å²) >= 11 is 6.49. The molecule has 1 fully saturated rings. The van der Waals surface area contributed by atoms with E-state index in [-0.39, 0.29) is 33.9 Å². The van der Waals surface area contributed by atoms with E-state index in [1.807, 2.05) is 46.8 Å². The van der Waals surface area contributed by atoms with Crippen LogP contribution in [-0.2, 0) is 14.8 Å². The first-order valence-corrected chi connectivity index (χ1v) is 14.2. The molecule has 0 radical (unpaired) electrons. The third-order valence-electron chi connectivity index (χ3n) is 6.52. The van der Waals surface area contributed by atoms with Gasteiger partial charge in [-0.2, -0.15) is 0 Å². The summed E-state index contributed by atoms with van der Waals surface area (Å²) in [6.07, 6.45) is 0.954. The number of halogens is 1. The normalized spacial score (nSPS) is 15.8. The summed E-state index contributed by atoms with van der Waals surface area (Å²) in [6.45, 7) is 11.8. The van der Waals surface area contributed by atoms with Crippen LogP contribution in [0.1, 0.15) is 62.0 Å². The van der Waals surface area contributed by atoms with Gasteiger partial charge in [-0.15, -0.1) is 0 Å². The Balaban J connectivity index is 1.66. The zero-order valence-corrected chi connectivity index (χ0v) is 23.8. The highest BCUT2D eigenvalue weighted by atomic mass is 35.5. The van der Waals surface area contributed by atoms with Crippen molar-refractivity contribution < 1.29 is 22.7 Å². The number of aryl methyl sites for hydroxylation is 1. The third kappa shape index (κ3) is 7.24. The number of sulfonamides is 1. The van der Waals surface area contributed by atoms with Crippen LogP contribution in [0.25, 0.3) is 0 Å². The maximum atomic E-state index is 13.2. The molecule has 1 atom stereocenters. The van der Waals surface area contributed by atoms with Crippen LogP contribution in [0.15, 0.2) is 41.3 Å². The highest BCUT2D eigenvalue weighted by Crippen LogP contribution is 2.32. The molecule has 0 aliphatic carbocycles. The van der Waals surface area contributed by atoms with Gasteiger partial charge < -0.3 is 15.0 Å². The van der Waals surface area contributed by atoms with E-state index in [0.29, 0.717) is 42.7 Å². The van der Waals surface area contributed by atoms with Gasteiger partial charge in [0.15, 0.2) is 0 Å². The minimum absolute atomic E-state index is 0.0430. The van der Waals surface area contributed by atoms with Gasteiger partial charge in [-0.3, -0.25) is 4.79 Å². The second-order valence-electron chi connectivity index (χ2n) is 10.5. The number of amides is 2. The number of carbonyl (C=O) groups excluding carboxylic acids is 2. The number of carbonyl (C=O) groups is 2. The highest BCUT2D eigenvalue weighted by molar-refractivity contribution is 7.89. The Bertz CT molecular complexity index is 1270. The van der Waals surface area contributed by atoms with Crippen molar-refractivity contribution in [3.63, 3.8) is 0 Å². The molecule has 1 saturated heterocycles. The van der Waals surface area contributed by atoms with Crippen molar-refractivity contribution >= 4 is 39.3 Å². The fraction of sp³-hybridized carbons (Fsp3) is 0.481. The van der Waals surface area contributed by atoms with Crippen LogP contribution in [-0.4, -0.2) is 50.1 Å². The second kappa shape index (κ2) is 11.4. The van der Waals surface area contributed by atoms with E-state index in [4.69, 9.17) is 16.3 Å². The molecular weight excluding hydrogens is 514 g/mol. The second-order valence-corrected chi connectivity index (χ2v) is 12.6. The van der Waals surface area contributed by atoms with E-state index in [1.54, 1.807) is 30.0 Å². The summed E-state index contributed by atoms with van der Waals surface area (Å²) in [4.78, 5) is 26.7. The highest BCUT2D eigenvalue weighted by Gasteiger charge is 2.32. The topological polar surface area (TPSA) is 105 Å². The molecule has 8 nitrogen and oxygen atoms in total. The fourth-order valence-electron chi connectivity index (χ4n) is 4.33. The fourth-order valence-corrected chi connectivity index (χ4v) is 6.25. The Hall–Kier alpha value is -2.62. The van der Waals surface area contributed by atoms with Gasteiger partial charge in [0.2, 0.25) is 10.0 Å². The Morgan fingerprint density at radius 2 is 1.70 bits per heavy atom. The first-order chi connectivity index (χ1) is 17.2. The lowest BCUT2D eigenvalue weighted by Gasteiger charge is -2.35. The van der Waals surface area contributed by atoms with Crippen molar-refractivity contribution in [2.45, 2.75) is 70.9 Å². The van der Waals surface area contributed by atoms with Crippen LogP contribution in [0.2, 0.25) is 5.02 Å². The van der Waals surface area contributed by atoms with Crippen molar-refractivity contribution in [3.8, 4) is 0 Å². The van der Waals surface area contributed by atoms with Crippen LogP contribution >= 0.6 is 11.6 Å². The molecule has 1 aliphatic rings. The average molecular weight is 550 g/mol. The van der Waals surface area contributed by atoms with Gasteiger partial charge in [0.25, 0.3) is 5.91 Å². The number of benzene rings is 2. The summed E-state index contributed by atoms with van der Waals surface area (Å²) in [5.41, 5.74) is 1.71. The molecule has 3 rings (SSSR count). The predicted octanol–water partition coefficient (Wildman–Crippen LogP) is 5.52. The number of nitrogens with zero attached hydrogens (tertiary/aromatic N) is 1. The number of rotatable bonds is 6. The number of ether oxygens (including phenoxy) is 1. The Morgan fingerprint density at radius 1 is 1.08 bits per heavy atom. The van der Waals surface area contributed by atoms with Gasteiger partial charge in [0, 0.05) is 30.4 Å². The lowest BCUT2D eigenvalue weighted by atomic mass is 9.91. The summed E-state index contributed by atoms with van der Waals surface area (Å²) in [6, 6.07) is 9.81. The molecule has 1 heterocycles. The number of anilines is 1. The van der Waals surface area contributed by atoms with Crippen LogP contribution < -0.4 is 10.0 Å². The minimum Gasteiger partial charge on any atom is -0.444 e. The standard InChI is InChI=1S/C27H36ClN3O5S/c1-17-9-7-8-10-21(17)25(32)29-22-11-12-23(24(28)18(22)2)37(34,35)30-19(3)20-13-15-31(16-14-20)26(33)36-27(4,5)6/h7-12,19-20,30H,13-16H2,1-6H3,(H,29,32)/t19-/m1/s1. The first kappa shape index (κ1) is 28.9.